The minimum atomic E-state index is 0.362. The van der Waals surface area contributed by atoms with Gasteiger partial charge in [-0.15, -0.1) is 0 Å². The highest BCUT2D eigenvalue weighted by atomic mass is 35.5. The SMILES string of the molecule is COc1cccc(C2CCN(CC3Nc4cc(Cl)cc5c4N3CCC5)CC2)c1. The van der Waals surface area contributed by atoms with Crippen LogP contribution in [0.1, 0.15) is 36.3 Å². The lowest BCUT2D eigenvalue weighted by molar-refractivity contribution is 0.204. The minimum absolute atomic E-state index is 0.362. The van der Waals surface area contributed by atoms with Gasteiger partial charge in [0.1, 0.15) is 11.9 Å². The second-order valence-electron chi connectivity index (χ2n) is 8.27. The van der Waals surface area contributed by atoms with Crippen LogP contribution in [0.5, 0.6) is 5.75 Å². The first kappa shape index (κ1) is 18.1. The molecule has 4 nitrogen and oxygen atoms in total. The van der Waals surface area contributed by atoms with Gasteiger partial charge in [0.2, 0.25) is 0 Å². The summed E-state index contributed by atoms with van der Waals surface area (Å²) in [7, 11) is 1.74. The van der Waals surface area contributed by atoms with E-state index in [2.05, 4.69) is 45.4 Å². The molecule has 0 aliphatic carbocycles. The van der Waals surface area contributed by atoms with Gasteiger partial charge >= 0.3 is 0 Å². The first-order chi connectivity index (χ1) is 13.7. The number of piperidine rings is 1. The zero-order valence-electron chi connectivity index (χ0n) is 16.5. The Labute approximate surface area is 172 Å². The highest BCUT2D eigenvalue weighted by molar-refractivity contribution is 6.31. The molecule has 0 amide bonds. The fourth-order valence-electron chi connectivity index (χ4n) is 5.15. The van der Waals surface area contributed by atoms with Gasteiger partial charge in [-0.2, -0.15) is 0 Å². The third-order valence-electron chi connectivity index (χ3n) is 6.57. The van der Waals surface area contributed by atoms with E-state index in [1.165, 1.54) is 41.8 Å². The quantitative estimate of drug-likeness (QED) is 0.806. The number of methoxy groups -OCH3 is 1. The summed E-state index contributed by atoms with van der Waals surface area (Å²) in [6.45, 7) is 4.51. The molecule has 3 heterocycles. The molecule has 3 aliphatic heterocycles. The molecule has 3 aliphatic rings. The Morgan fingerprint density at radius 2 is 2.00 bits per heavy atom. The smallest absolute Gasteiger partial charge is 0.119 e. The zero-order valence-corrected chi connectivity index (χ0v) is 17.2. The normalized spacial score (nSPS) is 22.1. The van der Waals surface area contributed by atoms with Crippen LogP contribution in [-0.4, -0.2) is 44.4 Å². The van der Waals surface area contributed by atoms with Crippen molar-refractivity contribution >= 4 is 23.0 Å². The lowest BCUT2D eigenvalue weighted by Crippen LogP contribution is -2.48. The topological polar surface area (TPSA) is 27.7 Å². The average molecular weight is 398 g/mol. The second-order valence-corrected chi connectivity index (χ2v) is 8.71. The van der Waals surface area contributed by atoms with Crippen molar-refractivity contribution in [1.82, 2.24) is 4.90 Å². The number of ether oxygens (including phenoxy) is 1. The number of aryl methyl sites for hydroxylation is 1. The lowest BCUT2D eigenvalue weighted by Gasteiger charge is -2.37. The third kappa shape index (κ3) is 3.33. The van der Waals surface area contributed by atoms with Crippen molar-refractivity contribution in [2.75, 3.05) is 43.5 Å². The minimum Gasteiger partial charge on any atom is -0.497 e. The summed E-state index contributed by atoms with van der Waals surface area (Å²) in [5.41, 5.74) is 5.44. The fourth-order valence-corrected chi connectivity index (χ4v) is 5.39. The Hall–Kier alpha value is -1.91. The van der Waals surface area contributed by atoms with Gasteiger partial charge in [0, 0.05) is 18.1 Å². The number of likely N-dealkylation sites (tertiary alicyclic amines) is 1. The predicted octanol–water partition coefficient (Wildman–Crippen LogP) is 4.73. The van der Waals surface area contributed by atoms with Crippen molar-refractivity contribution in [1.29, 1.82) is 0 Å². The molecule has 0 aromatic heterocycles. The van der Waals surface area contributed by atoms with Crippen LogP contribution >= 0.6 is 11.6 Å². The van der Waals surface area contributed by atoms with Crippen LogP contribution < -0.4 is 15.0 Å². The van der Waals surface area contributed by atoms with E-state index in [-0.39, 0.29) is 0 Å². The molecule has 5 heteroatoms. The Balaban J connectivity index is 1.23. The van der Waals surface area contributed by atoms with Crippen molar-refractivity contribution in [2.45, 2.75) is 37.8 Å². The summed E-state index contributed by atoms with van der Waals surface area (Å²) in [5, 5.41) is 4.60. The van der Waals surface area contributed by atoms with Crippen molar-refractivity contribution in [3.8, 4) is 5.75 Å². The molecule has 1 unspecified atom stereocenters. The molecular formula is C23H28ClN3O. The molecule has 1 atom stereocenters. The van der Waals surface area contributed by atoms with Gasteiger partial charge < -0.3 is 15.0 Å². The molecule has 0 bridgehead atoms. The molecular weight excluding hydrogens is 370 g/mol. The van der Waals surface area contributed by atoms with E-state index < -0.39 is 0 Å². The fraction of sp³-hybridized carbons (Fsp3) is 0.478. The van der Waals surface area contributed by atoms with Gasteiger partial charge in [-0.3, -0.25) is 4.90 Å². The van der Waals surface area contributed by atoms with Crippen molar-refractivity contribution in [3.05, 3.63) is 52.5 Å². The Bertz CT molecular complexity index is 863. The van der Waals surface area contributed by atoms with Crippen LogP contribution in [-0.2, 0) is 6.42 Å². The van der Waals surface area contributed by atoms with Gasteiger partial charge in [0.15, 0.2) is 0 Å². The summed E-state index contributed by atoms with van der Waals surface area (Å²) < 4.78 is 5.40. The molecule has 148 valence electrons. The molecule has 28 heavy (non-hydrogen) atoms. The molecule has 0 radical (unpaired) electrons. The molecule has 1 saturated heterocycles. The Morgan fingerprint density at radius 3 is 2.82 bits per heavy atom. The highest BCUT2D eigenvalue weighted by Crippen LogP contribution is 2.43. The number of hydrogen-bond acceptors (Lipinski definition) is 4. The first-order valence-electron chi connectivity index (χ1n) is 10.4. The van der Waals surface area contributed by atoms with Crippen molar-refractivity contribution in [2.24, 2.45) is 0 Å². The standard InChI is InChI=1S/C23H28ClN3O/c1-28-20-6-2-4-17(13-20)16-7-10-26(11-8-16)15-22-25-21-14-19(24)12-18-5-3-9-27(22)23(18)21/h2,4,6,12-14,16,22,25H,3,5,7-11,15H2,1H3. The van der Waals surface area contributed by atoms with Gasteiger partial charge in [0.05, 0.1) is 18.5 Å². The lowest BCUT2D eigenvalue weighted by atomic mass is 9.89. The maximum atomic E-state index is 6.34. The number of halogens is 1. The van der Waals surface area contributed by atoms with Gasteiger partial charge in [-0.25, -0.2) is 0 Å². The number of hydrogen-bond donors (Lipinski definition) is 1. The van der Waals surface area contributed by atoms with E-state index in [1.54, 1.807) is 7.11 Å². The molecule has 1 N–H and O–H groups in total. The van der Waals surface area contributed by atoms with Gasteiger partial charge in [0.25, 0.3) is 0 Å². The number of benzene rings is 2. The maximum absolute atomic E-state index is 6.34. The van der Waals surface area contributed by atoms with Crippen LogP contribution in [0.25, 0.3) is 0 Å². The number of anilines is 2. The van der Waals surface area contributed by atoms with Gasteiger partial charge in [-0.05, 0) is 80.1 Å². The highest BCUT2D eigenvalue weighted by Gasteiger charge is 2.35. The number of rotatable bonds is 4. The summed E-state index contributed by atoms with van der Waals surface area (Å²) in [5.74, 6) is 1.60. The van der Waals surface area contributed by atoms with Crippen LogP contribution in [0.15, 0.2) is 36.4 Å². The van der Waals surface area contributed by atoms with E-state index in [0.717, 1.165) is 43.4 Å². The van der Waals surface area contributed by atoms with Crippen molar-refractivity contribution in [3.63, 3.8) is 0 Å². The second kappa shape index (κ2) is 7.49. The average Bonchev–Trinajstić information content (AvgIpc) is 3.07. The van der Waals surface area contributed by atoms with Crippen LogP contribution in [0, 0.1) is 0 Å². The van der Waals surface area contributed by atoms with Crippen LogP contribution in [0.3, 0.4) is 0 Å². The maximum Gasteiger partial charge on any atom is 0.119 e. The van der Waals surface area contributed by atoms with Crippen molar-refractivity contribution < 1.29 is 4.74 Å². The third-order valence-corrected chi connectivity index (χ3v) is 6.79. The number of nitrogens with one attached hydrogen (secondary N) is 1. The number of nitrogens with zero attached hydrogens (tertiary/aromatic N) is 2. The Kier molecular flexibility index (Phi) is 4.85. The van der Waals surface area contributed by atoms with E-state index in [9.17, 15) is 0 Å². The Morgan fingerprint density at radius 1 is 1.14 bits per heavy atom. The molecule has 2 aromatic rings. The molecule has 5 rings (SSSR count). The van der Waals surface area contributed by atoms with E-state index in [1.807, 2.05) is 6.07 Å². The molecule has 0 saturated carbocycles. The van der Waals surface area contributed by atoms with Crippen LogP contribution in [0.4, 0.5) is 11.4 Å². The van der Waals surface area contributed by atoms with E-state index in [4.69, 9.17) is 16.3 Å². The van der Waals surface area contributed by atoms with Gasteiger partial charge in [-0.1, -0.05) is 23.7 Å². The molecule has 0 spiro atoms. The zero-order chi connectivity index (χ0) is 19.1. The van der Waals surface area contributed by atoms with E-state index >= 15 is 0 Å². The predicted molar refractivity (Wildman–Crippen MR) is 116 cm³/mol. The van der Waals surface area contributed by atoms with E-state index in [0.29, 0.717) is 12.1 Å². The largest absolute Gasteiger partial charge is 0.497 e. The summed E-state index contributed by atoms with van der Waals surface area (Å²) in [4.78, 5) is 5.19. The first-order valence-corrected chi connectivity index (χ1v) is 10.8. The van der Waals surface area contributed by atoms with Crippen LogP contribution in [0.2, 0.25) is 5.02 Å². The summed E-state index contributed by atoms with van der Waals surface area (Å²) in [6, 6.07) is 12.8. The summed E-state index contributed by atoms with van der Waals surface area (Å²) >= 11 is 6.34. The summed E-state index contributed by atoms with van der Waals surface area (Å²) in [6.07, 6.45) is 5.14. The molecule has 1 fully saturated rings. The monoisotopic (exact) mass is 397 g/mol. The molecule has 2 aromatic carbocycles.